The van der Waals surface area contributed by atoms with Gasteiger partial charge >= 0.3 is 6.09 Å². The number of hydrogen-bond acceptors (Lipinski definition) is 6. The molecule has 2 amide bonds. The number of anilines is 2. The number of H-pyrrole nitrogens is 1. The zero-order chi connectivity index (χ0) is 38.1. The Bertz CT molecular complexity index is 2300. The summed E-state index contributed by atoms with van der Waals surface area (Å²) in [7, 11) is 0. The predicted octanol–water partition coefficient (Wildman–Crippen LogP) is 10.5. The Balaban J connectivity index is 1.21. The summed E-state index contributed by atoms with van der Waals surface area (Å²) in [6, 6.07) is 25.4. The largest absolute Gasteiger partial charge is 0.449 e. The number of benzene rings is 3. The Labute approximate surface area is 335 Å². The van der Waals surface area contributed by atoms with E-state index in [9.17, 15) is 9.59 Å². The van der Waals surface area contributed by atoms with Crippen molar-refractivity contribution in [3.8, 4) is 0 Å². The van der Waals surface area contributed by atoms with Crippen LogP contribution in [-0.2, 0) is 11.3 Å². The molecule has 282 valence electrons. The van der Waals surface area contributed by atoms with E-state index in [1.54, 1.807) is 12.3 Å². The zero-order valence-corrected chi connectivity index (χ0v) is 32.7. The summed E-state index contributed by atoms with van der Waals surface area (Å²) >= 11 is 19.7. The molecule has 55 heavy (non-hydrogen) atoms. The van der Waals surface area contributed by atoms with E-state index >= 15 is 0 Å². The fourth-order valence-electron chi connectivity index (χ4n) is 8.06. The number of carbonyl (C=O) groups excluding carboxylic acids is 2. The van der Waals surface area contributed by atoms with Crippen molar-refractivity contribution in [2.75, 3.05) is 36.5 Å². The summed E-state index contributed by atoms with van der Waals surface area (Å²) in [6.07, 6.45) is 8.97. The molecular weight excluding hydrogens is 755 g/mol. The van der Waals surface area contributed by atoms with E-state index in [0.717, 1.165) is 64.5 Å². The third kappa shape index (κ3) is 7.66. The van der Waals surface area contributed by atoms with Gasteiger partial charge in [-0.05, 0) is 84.7 Å². The Morgan fingerprint density at radius 2 is 1.75 bits per heavy atom. The number of fused-ring (bicyclic) bond motifs is 1. The first kappa shape index (κ1) is 37.0. The lowest BCUT2D eigenvalue weighted by Crippen LogP contribution is -2.50. The number of ether oxygens (including phenoxy) is 1. The second-order valence-corrected chi connectivity index (χ2v) is 15.6. The Hall–Kier alpha value is -4.96. The normalized spacial score (nSPS) is 18.1. The van der Waals surface area contributed by atoms with Crippen LogP contribution in [0.4, 0.5) is 16.3 Å². The number of nitrogens with zero attached hydrogens (tertiary/aromatic N) is 4. The maximum absolute atomic E-state index is 14.9. The van der Waals surface area contributed by atoms with Crippen LogP contribution in [-0.4, -0.2) is 64.1 Å². The molecule has 2 N–H and O–H groups in total. The van der Waals surface area contributed by atoms with Crippen LogP contribution in [0.3, 0.4) is 0 Å². The van der Waals surface area contributed by atoms with E-state index < -0.39 is 0 Å². The minimum absolute atomic E-state index is 0.104. The summed E-state index contributed by atoms with van der Waals surface area (Å²) in [6.45, 7) is 5.22. The zero-order valence-electron chi connectivity index (χ0n) is 30.4. The topological polar surface area (TPSA) is 93.8 Å². The molecule has 1 atom stereocenters. The van der Waals surface area contributed by atoms with Crippen molar-refractivity contribution in [3.05, 3.63) is 135 Å². The van der Waals surface area contributed by atoms with Crippen molar-refractivity contribution in [2.24, 2.45) is 5.92 Å². The molecule has 9 nitrogen and oxygen atoms in total. The van der Waals surface area contributed by atoms with Gasteiger partial charge in [0, 0.05) is 76.2 Å². The molecule has 2 saturated heterocycles. The van der Waals surface area contributed by atoms with Crippen LogP contribution in [0.15, 0.2) is 97.3 Å². The number of hydrogen-bond donors (Lipinski definition) is 2. The van der Waals surface area contributed by atoms with Crippen molar-refractivity contribution in [2.45, 2.75) is 45.2 Å². The number of aromatic amines is 1. The van der Waals surface area contributed by atoms with E-state index in [-0.39, 0.29) is 24.0 Å². The summed E-state index contributed by atoms with van der Waals surface area (Å²) in [5, 5.41) is 5.77. The average Bonchev–Trinajstić information content (AvgIpc) is 3.48. The monoisotopic (exact) mass is 794 g/mol. The van der Waals surface area contributed by atoms with Gasteiger partial charge in [-0.25, -0.2) is 9.78 Å². The van der Waals surface area contributed by atoms with Crippen LogP contribution in [0.5, 0.6) is 0 Å². The highest BCUT2D eigenvalue weighted by molar-refractivity contribution is 6.35. The molecule has 1 unspecified atom stereocenters. The minimum atomic E-state index is -0.312. The highest BCUT2D eigenvalue weighted by Gasteiger charge is 2.33. The van der Waals surface area contributed by atoms with Crippen molar-refractivity contribution >= 4 is 80.5 Å². The van der Waals surface area contributed by atoms with E-state index in [0.29, 0.717) is 65.1 Å². The highest BCUT2D eigenvalue weighted by atomic mass is 35.5. The molecule has 8 rings (SSSR count). The standard InChI is InChI=1S/C43H41Cl3N6O3/c1-27-8-6-19-51(26-29-12-13-30(44)24-34(29)46)40(37(27)28-9-3-2-4-10-28)38-33-15-14-31(45)25-36(33)48-39(38)42(53)49-35-11-5-18-47-41(35)50-21-16-32(17-22-50)52-20-7-23-55-43(52)54/h2-6,9-15,18-19,24-25,27,32,48H,7-8,16-17,20-23,26H2,1H3,(H,49,53). The van der Waals surface area contributed by atoms with E-state index in [4.69, 9.17) is 44.5 Å². The average molecular weight is 796 g/mol. The maximum Gasteiger partial charge on any atom is 0.410 e. The number of piperidine rings is 1. The van der Waals surface area contributed by atoms with Crippen molar-refractivity contribution < 1.29 is 14.3 Å². The molecule has 12 heteroatoms. The quantitative estimate of drug-likeness (QED) is 0.162. The molecule has 5 heterocycles. The smallest absolute Gasteiger partial charge is 0.410 e. The van der Waals surface area contributed by atoms with Crippen molar-refractivity contribution in [3.63, 3.8) is 0 Å². The lowest BCUT2D eigenvalue weighted by Gasteiger charge is -2.40. The van der Waals surface area contributed by atoms with E-state index in [1.807, 2.05) is 65.6 Å². The maximum atomic E-state index is 14.9. The Kier molecular flexibility index (Phi) is 10.8. The molecule has 3 aromatic carbocycles. The third-order valence-electron chi connectivity index (χ3n) is 10.7. The minimum Gasteiger partial charge on any atom is -0.449 e. The lowest BCUT2D eigenvalue weighted by molar-refractivity contribution is 0.0499. The van der Waals surface area contributed by atoms with Crippen LogP contribution >= 0.6 is 34.8 Å². The molecule has 3 aliphatic rings. The number of carbonyl (C=O) groups is 2. The van der Waals surface area contributed by atoms with Crippen LogP contribution in [0.2, 0.25) is 15.1 Å². The molecule has 3 aliphatic heterocycles. The Morgan fingerprint density at radius 3 is 2.53 bits per heavy atom. The van der Waals surface area contributed by atoms with Gasteiger partial charge in [0.25, 0.3) is 5.91 Å². The van der Waals surface area contributed by atoms with Crippen LogP contribution in [0.25, 0.3) is 22.2 Å². The number of nitrogens with one attached hydrogen (secondary N) is 2. The molecule has 0 radical (unpaired) electrons. The van der Waals surface area contributed by atoms with Gasteiger partial charge in [0.2, 0.25) is 0 Å². The first-order valence-electron chi connectivity index (χ1n) is 18.7. The molecule has 0 spiro atoms. The van der Waals surface area contributed by atoms with E-state index in [1.165, 1.54) is 0 Å². The first-order chi connectivity index (χ1) is 26.7. The molecule has 2 fully saturated rings. The second-order valence-electron chi connectivity index (χ2n) is 14.3. The van der Waals surface area contributed by atoms with Gasteiger partial charge in [0.1, 0.15) is 5.69 Å². The van der Waals surface area contributed by atoms with Crippen molar-refractivity contribution in [1.82, 2.24) is 19.8 Å². The van der Waals surface area contributed by atoms with Gasteiger partial charge in [-0.15, -0.1) is 0 Å². The fourth-order valence-corrected chi connectivity index (χ4v) is 8.70. The van der Waals surface area contributed by atoms with Gasteiger partial charge in [-0.3, -0.25) is 4.79 Å². The number of allylic oxidation sites excluding steroid dienone is 2. The molecule has 5 aromatic rings. The van der Waals surface area contributed by atoms with Gasteiger partial charge in [-0.1, -0.05) is 90.3 Å². The Morgan fingerprint density at radius 1 is 0.964 bits per heavy atom. The van der Waals surface area contributed by atoms with Crippen LogP contribution < -0.4 is 10.2 Å². The molecule has 2 aromatic heterocycles. The number of pyridine rings is 1. The number of aromatic nitrogens is 2. The number of amides is 2. The number of cyclic esters (lactones) is 1. The third-order valence-corrected chi connectivity index (χ3v) is 11.5. The second kappa shape index (κ2) is 16.0. The lowest BCUT2D eigenvalue weighted by atomic mass is 9.87. The van der Waals surface area contributed by atoms with Gasteiger partial charge < -0.3 is 29.7 Å². The summed E-state index contributed by atoms with van der Waals surface area (Å²) < 4.78 is 5.31. The van der Waals surface area contributed by atoms with Gasteiger partial charge in [0.05, 0.1) is 18.0 Å². The van der Waals surface area contributed by atoms with Crippen LogP contribution in [0.1, 0.15) is 59.8 Å². The predicted molar refractivity (Wildman–Crippen MR) is 222 cm³/mol. The van der Waals surface area contributed by atoms with Crippen LogP contribution in [0, 0.1) is 5.92 Å². The first-order valence-corrected chi connectivity index (χ1v) is 19.8. The molecule has 0 saturated carbocycles. The highest BCUT2D eigenvalue weighted by Crippen LogP contribution is 2.44. The summed E-state index contributed by atoms with van der Waals surface area (Å²) in [5.41, 5.74) is 6.44. The molecular formula is C43H41Cl3N6O3. The number of halogens is 3. The SMILES string of the molecule is CC1CC=CN(Cc2ccc(Cl)cc2Cl)C(c2c(C(=O)Nc3cccnc3N3CCC(N4CCCOC4=O)CC3)[nH]c3cc(Cl)ccc23)=C1c1ccccc1. The summed E-state index contributed by atoms with van der Waals surface area (Å²) in [4.78, 5) is 41.8. The summed E-state index contributed by atoms with van der Waals surface area (Å²) in [5.74, 6) is 0.477. The van der Waals surface area contributed by atoms with E-state index in [2.05, 4.69) is 51.4 Å². The van der Waals surface area contributed by atoms with Crippen molar-refractivity contribution in [1.29, 1.82) is 0 Å². The fraction of sp³-hybridized carbons (Fsp3) is 0.279. The molecule has 0 aliphatic carbocycles. The molecule has 0 bridgehead atoms. The van der Waals surface area contributed by atoms with Gasteiger partial charge in [0.15, 0.2) is 5.82 Å². The number of rotatable bonds is 8. The van der Waals surface area contributed by atoms with Gasteiger partial charge in [-0.2, -0.15) is 0 Å².